The van der Waals surface area contributed by atoms with Gasteiger partial charge >= 0.3 is 0 Å². The molecule has 1 atom stereocenters. The average Bonchev–Trinajstić information content (AvgIpc) is 2.78. The van der Waals surface area contributed by atoms with Crippen LogP contribution in [-0.4, -0.2) is 7.05 Å². The Balaban J connectivity index is 1.95. The van der Waals surface area contributed by atoms with Crippen LogP contribution in [0.1, 0.15) is 33.9 Å². The van der Waals surface area contributed by atoms with Gasteiger partial charge in [-0.2, -0.15) is 0 Å². The van der Waals surface area contributed by atoms with Crippen LogP contribution < -0.4 is 5.32 Å². The van der Waals surface area contributed by atoms with Gasteiger partial charge in [0.1, 0.15) is 0 Å². The first-order valence-corrected chi connectivity index (χ1v) is 7.41. The molecule has 0 aliphatic heterocycles. The van der Waals surface area contributed by atoms with E-state index in [1.54, 1.807) is 0 Å². The molecule has 2 nitrogen and oxygen atoms in total. The summed E-state index contributed by atoms with van der Waals surface area (Å²) in [5.41, 5.74) is 2.53. The molecule has 0 aliphatic rings. The van der Waals surface area contributed by atoms with Crippen molar-refractivity contribution in [3.05, 3.63) is 57.3 Å². The smallest absolute Gasteiger partial charge is 0.0801 e. The summed E-state index contributed by atoms with van der Waals surface area (Å²) in [5, 5.41) is 3.18. The summed E-state index contributed by atoms with van der Waals surface area (Å²) in [7, 11) is 1.97. The Morgan fingerprint density at radius 2 is 2.00 bits per heavy atom. The number of benzene rings is 1. The number of aryl methyl sites for hydroxylation is 1. The Morgan fingerprint density at radius 3 is 2.68 bits per heavy atom. The second-order valence-corrected chi connectivity index (χ2v) is 6.03. The van der Waals surface area contributed by atoms with Crippen molar-refractivity contribution in [1.82, 2.24) is 5.32 Å². The minimum Gasteiger partial charge on any atom is -0.369 e. The van der Waals surface area contributed by atoms with Crippen molar-refractivity contribution in [1.29, 1.82) is 0 Å². The van der Waals surface area contributed by atoms with Crippen molar-refractivity contribution in [3.8, 4) is 0 Å². The number of ether oxygens (including phenoxy) is 1. The molecule has 1 unspecified atom stereocenters. The molecule has 1 aromatic heterocycles. The molecule has 2 rings (SSSR count). The summed E-state index contributed by atoms with van der Waals surface area (Å²) in [5.74, 6) is 0. The molecule has 0 saturated carbocycles. The van der Waals surface area contributed by atoms with Crippen molar-refractivity contribution in [2.24, 2.45) is 0 Å². The van der Waals surface area contributed by atoms with E-state index in [9.17, 15) is 0 Å². The van der Waals surface area contributed by atoms with Crippen molar-refractivity contribution in [3.63, 3.8) is 0 Å². The van der Waals surface area contributed by atoms with Gasteiger partial charge < -0.3 is 10.1 Å². The van der Waals surface area contributed by atoms with Crippen LogP contribution in [0.4, 0.5) is 0 Å². The molecule has 3 heteroatoms. The molecule has 0 saturated heterocycles. The average molecular weight is 275 g/mol. The maximum Gasteiger partial charge on any atom is 0.0801 e. The highest BCUT2D eigenvalue weighted by Gasteiger charge is 2.09. The second-order valence-electron chi connectivity index (χ2n) is 4.69. The van der Waals surface area contributed by atoms with Crippen LogP contribution in [0.3, 0.4) is 0 Å². The normalized spacial score (nSPS) is 12.6. The van der Waals surface area contributed by atoms with Crippen LogP contribution in [-0.2, 0) is 17.9 Å². The SMILES string of the molecule is CNCc1cc(COC(C)c2ccccc2)c(C)s1. The van der Waals surface area contributed by atoms with Gasteiger partial charge in [-0.15, -0.1) is 11.3 Å². The fraction of sp³-hybridized carbons (Fsp3) is 0.375. The third-order valence-corrected chi connectivity index (χ3v) is 4.27. The maximum atomic E-state index is 5.97. The molecule has 0 aliphatic carbocycles. The van der Waals surface area contributed by atoms with Crippen molar-refractivity contribution in [2.75, 3.05) is 7.05 Å². The third kappa shape index (κ3) is 3.90. The fourth-order valence-electron chi connectivity index (χ4n) is 2.03. The van der Waals surface area contributed by atoms with E-state index in [0.717, 1.165) is 6.54 Å². The van der Waals surface area contributed by atoms with E-state index >= 15 is 0 Å². The van der Waals surface area contributed by atoms with E-state index in [4.69, 9.17) is 4.74 Å². The molecule has 0 amide bonds. The summed E-state index contributed by atoms with van der Waals surface area (Å²) in [6.07, 6.45) is 0.133. The Hall–Kier alpha value is -1.16. The van der Waals surface area contributed by atoms with E-state index in [1.807, 2.05) is 24.5 Å². The number of rotatable bonds is 6. The van der Waals surface area contributed by atoms with Gasteiger partial charge in [-0.1, -0.05) is 30.3 Å². The summed E-state index contributed by atoms with van der Waals surface area (Å²) in [4.78, 5) is 2.72. The maximum absolute atomic E-state index is 5.97. The van der Waals surface area contributed by atoms with Crippen LogP contribution in [0.25, 0.3) is 0 Å². The van der Waals surface area contributed by atoms with E-state index in [1.165, 1.54) is 20.9 Å². The quantitative estimate of drug-likeness (QED) is 0.858. The lowest BCUT2D eigenvalue weighted by molar-refractivity contribution is 0.0525. The van der Waals surface area contributed by atoms with E-state index in [-0.39, 0.29) is 6.10 Å². The van der Waals surface area contributed by atoms with Crippen LogP contribution >= 0.6 is 11.3 Å². The molecule has 1 aromatic carbocycles. The first-order valence-electron chi connectivity index (χ1n) is 6.60. The van der Waals surface area contributed by atoms with Gasteiger partial charge in [-0.05, 0) is 38.1 Å². The number of hydrogen-bond acceptors (Lipinski definition) is 3. The zero-order chi connectivity index (χ0) is 13.7. The van der Waals surface area contributed by atoms with Gasteiger partial charge in [0.15, 0.2) is 0 Å². The minimum absolute atomic E-state index is 0.133. The Labute approximate surface area is 119 Å². The van der Waals surface area contributed by atoms with E-state index in [2.05, 4.69) is 49.5 Å². The first-order chi connectivity index (χ1) is 9.20. The Kier molecular flexibility index (Phi) is 5.14. The topological polar surface area (TPSA) is 21.3 Å². The van der Waals surface area contributed by atoms with Crippen LogP contribution in [0.5, 0.6) is 0 Å². The van der Waals surface area contributed by atoms with Crippen molar-refractivity contribution < 1.29 is 4.74 Å². The summed E-state index contributed by atoms with van der Waals surface area (Å²) < 4.78 is 5.97. The summed E-state index contributed by atoms with van der Waals surface area (Å²) in [6, 6.07) is 12.6. The first kappa shape index (κ1) is 14.3. The lowest BCUT2D eigenvalue weighted by atomic mass is 10.1. The molecule has 0 radical (unpaired) electrons. The lowest BCUT2D eigenvalue weighted by Crippen LogP contribution is -2.03. The highest BCUT2D eigenvalue weighted by atomic mass is 32.1. The largest absolute Gasteiger partial charge is 0.369 e. The highest BCUT2D eigenvalue weighted by molar-refractivity contribution is 7.12. The molecule has 1 N–H and O–H groups in total. The molecule has 2 aromatic rings. The summed E-state index contributed by atoms with van der Waals surface area (Å²) in [6.45, 7) is 5.88. The molecule has 102 valence electrons. The second kappa shape index (κ2) is 6.85. The Morgan fingerprint density at radius 1 is 1.26 bits per heavy atom. The standard InChI is InChI=1S/C16H21NOS/c1-12(14-7-5-4-6-8-14)18-11-15-9-16(10-17-3)19-13(15)2/h4-9,12,17H,10-11H2,1-3H3. The molecule has 0 fully saturated rings. The zero-order valence-electron chi connectivity index (χ0n) is 11.8. The molecule has 0 bridgehead atoms. The monoisotopic (exact) mass is 275 g/mol. The fourth-order valence-corrected chi connectivity index (χ4v) is 3.09. The lowest BCUT2D eigenvalue weighted by Gasteiger charge is -2.13. The van der Waals surface area contributed by atoms with E-state index in [0.29, 0.717) is 6.61 Å². The highest BCUT2D eigenvalue weighted by Crippen LogP contribution is 2.25. The van der Waals surface area contributed by atoms with Gasteiger partial charge in [0, 0.05) is 16.3 Å². The number of nitrogens with one attached hydrogen (secondary N) is 1. The molecule has 1 heterocycles. The predicted octanol–water partition coefficient (Wildman–Crippen LogP) is 4.05. The Bertz CT molecular complexity index is 507. The molecule has 0 spiro atoms. The van der Waals surface area contributed by atoms with Crippen LogP contribution in [0.15, 0.2) is 36.4 Å². The van der Waals surface area contributed by atoms with Crippen molar-refractivity contribution >= 4 is 11.3 Å². The van der Waals surface area contributed by atoms with Gasteiger partial charge in [-0.25, -0.2) is 0 Å². The van der Waals surface area contributed by atoms with Crippen molar-refractivity contribution in [2.45, 2.75) is 33.1 Å². The van der Waals surface area contributed by atoms with Gasteiger partial charge in [0.25, 0.3) is 0 Å². The molecular weight excluding hydrogens is 254 g/mol. The van der Waals surface area contributed by atoms with Crippen LogP contribution in [0.2, 0.25) is 0 Å². The number of hydrogen-bond donors (Lipinski definition) is 1. The molecular formula is C16H21NOS. The third-order valence-electron chi connectivity index (χ3n) is 3.18. The zero-order valence-corrected chi connectivity index (χ0v) is 12.6. The van der Waals surface area contributed by atoms with Crippen LogP contribution in [0, 0.1) is 6.92 Å². The predicted molar refractivity (Wildman–Crippen MR) is 81.5 cm³/mol. The number of thiophene rings is 1. The molecule has 19 heavy (non-hydrogen) atoms. The van der Waals surface area contributed by atoms with Gasteiger partial charge in [0.2, 0.25) is 0 Å². The van der Waals surface area contributed by atoms with Gasteiger partial charge in [-0.3, -0.25) is 0 Å². The van der Waals surface area contributed by atoms with E-state index < -0.39 is 0 Å². The van der Waals surface area contributed by atoms with Gasteiger partial charge in [0.05, 0.1) is 12.7 Å². The summed E-state index contributed by atoms with van der Waals surface area (Å²) >= 11 is 1.84. The minimum atomic E-state index is 0.133.